The number of carbonyl (C=O) groups is 1. The fourth-order valence-electron chi connectivity index (χ4n) is 4.72. The van der Waals surface area contributed by atoms with Crippen molar-refractivity contribution < 1.29 is 23.4 Å². The largest absolute Gasteiger partial charge is 0.458 e. The Morgan fingerprint density at radius 3 is 2.68 bits per heavy atom. The minimum Gasteiger partial charge on any atom is -0.458 e. The Kier molecular flexibility index (Phi) is 4.27. The summed E-state index contributed by atoms with van der Waals surface area (Å²) in [4.78, 5) is 30.2. The highest BCUT2D eigenvalue weighted by Gasteiger charge is 2.45. The lowest BCUT2D eigenvalue weighted by Gasteiger charge is -2.31. The minimum absolute atomic E-state index is 0.0658. The number of pyridine rings is 2. The van der Waals surface area contributed by atoms with Crippen LogP contribution in [0.4, 0.5) is 8.78 Å². The first-order chi connectivity index (χ1) is 14.8. The number of fused-ring (bicyclic) bond motifs is 5. The van der Waals surface area contributed by atoms with Gasteiger partial charge in [0.25, 0.3) is 12.0 Å². The molecule has 0 radical (unpaired) electrons. The van der Waals surface area contributed by atoms with Crippen molar-refractivity contribution in [2.45, 2.75) is 51.9 Å². The highest BCUT2D eigenvalue weighted by Crippen LogP contribution is 2.40. The number of esters is 1. The average molecular weight is 426 g/mol. The Morgan fingerprint density at radius 2 is 2.00 bits per heavy atom. The van der Waals surface area contributed by atoms with E-state index in [1.807, 2.05) is 6.92 Å². The molecule has 8 heteroatoms. The Hall–Kier alpha value is -3.13. The molecule has 5 rings (SSSR count). The van der Waals surface area contributed by atoms with Crippen molar-refractivity contribution in [2.75, 3.05) is 0 Å². The van der Waals surface area contributed by atoms with E-state index >= 15 is 0 Å². The Bertz CT molecular complexity index is 1330. The van der Waals surface area contributed by atoms with E-state index in [-0.39, 0.29) is 41.8 Å². The average Bonchev–Trinajstić information content (AvgIpc) is 3.13. The van der Waals surface area contributed by atoms with Crippen molar-refractivity contribution in [1.82, 2.24) is 9.55 Å². The van der Waals surface area contributed by atoms with E-state index in [9.17, 15) is 23.5 Å². The predicted octanol–water partition coefficient (Wildman–Crippen LogP) is 3.58. The van der Waals surface area contributed by atoms with Gasteiger partial charge in [0.15, 0.2) is 5.60 Å². The quantitative estimate of drug-likeness (QED) is 0.507. The van der Waals surface area contributed by atoms with Crippen LogP contribution in [-0.2, 0) is 34.7 Å². The van der Waals surface area contributed by atoms with Crippen molar-refractivity contribution in [3.05, 3.63) is 62.4 Å². The van der Waals surface area contributed by atoms with Gasteiger partial charge in [-0.2, -0.15) is 0 Å². The predicted molar refractivity (Wildman–Crippen MR) is 109 cm³/mol. The fourth-order valence-corrected chi connectivity index (χ4v) is 4.72. The Morgan fingerprint density at radius 1 is 1.23 bits per heavy atom. The number of benzene rings is 1. The first-order valence-corrected chi connectivity index (χ1v) is 10.2. The molecule has 2 aliphatic heterocycles. The van der Waals surface area contributed by atoms with E-state index in [0.29, 0.717) is 28.7 Å². The number of alkyl halides is 2. The van der Waals surface area contributed by atoms with Crippen LogP contribution in [0.3, 0.4) is 0 Å². The zero-order valence-electron chi connectivity index (χ0n) is 17.0. The molecule has 2 aliphatic rings. The molecule has 6 nitrogen and oxygen atoms in total. The zero-order chi connectivity index (χ0) is 22.1. The number of nitrogens with zero attached hydrogens (tertiary/aromatic N) is 2. The van der Waals surface area contributed by atoms with Gasteiger partial charge in [-0.25, -0.2) is 18.6 Å². The number of carbonyl (C=O) groups excluding carboxylic acids is 1. The molecular formula is C23H20F2N2O4. The number of aryl methyl sites for hydroxylation is 1. The molecule has 0 fully saturated rings. The third kappa shape index (κ3) is 2.61. The number of hydrogen-bond donors (Lipinski definition) is 1. The lowest BCUT2D eigenvalue weighted by atomic mass is 9.86. The van der Waals surface area contributed by atoms with E-state index in [4.69, 9.17) is 4.74 Å². The van der Waals surface area contributed by atoms with Gasteiger partial charge < -0.3 is 14.4 Å². The van der Waals surface area contributed by atoms with Gasteiger partial charge in [0, 0.05) is 22.1 Å². The minimum atomic E-state index is -2.59. The van der Waals surface area contributed by atoms with E-state index < -0.39 is 18.0 Å². The van der Waals surface area contributed by atoms with Gasteiger partial charge in [-0.3, -0.25) is 4.79 Å². The number of aromatic nitrogens is 2. The zero-order valence-corrected chi connectivity index (χ0v) is 17.0. The second kappa shape index (κ2) is 6.68. The summed E-state index contributed by atoms with van der Waals surface area (Å²) in [6.07, 6.45) is -1.94. The fraction of sp³-hybridized carbons (Fsp3) is 0.348. The van der Waals surface area contributed by atoms with Crippen LogP contribution in [0.25, 0.3) is 22.3 Å². The maximum atomic E-state index is 13.3. The molecular weight excluding hydrogens is 406 g/mol. The SMILES string of the molecule is CCc1c2c(nc3ccc(C(F)F)cc13)-c1cc3c(c(=O)n1C2)COC(=O)[C@]3(O)CC. The lowest BCUT2D eigenvalue weighted by molar-refractivity contribution is -0.172. The molecule has 31 heavy (non-hydrogen) atoms. The third-order valence-corrected chi connectivity index (χ3v) is 6.44. The van der Waals surface area contributed by atoms with Crippen molar-refractivity contribution >= 4 is 16.9 Å². The van der Waals surface area contributed by atoms with E-state index in [0.717, 1.165) is 11.1 Å². The summed E-state index contributed by atoms with van der Waals surface area (Å²) in [5.41, 5.74) is 1.51. The van der Waals surface area contributed by atoms with E-state index in [2.05, 4.69) is 4.98 Å². The summed E-state index contributed by atoms with van der Waals surface area (Å²) in [5.74, 6) is -0.773. The van der Waals surface area contributed by atoms with Gasteiger partial charge in [0.1, 0.15) is 6.61 Å². The molecule has 2 aromatic heterocycles. The van der Waals surface area contributed by atoms with Crippen LogP contribution in [0, 0.1) is 0 Å². The maximum absolute atomic E-state index is 13.3. The second-order valence-corrected chi connectivity index (χ2v) is 7.95. The van der Waals surface area contributed by atoms with Crippen LogP contribution in [-0.4, -0.2) is 20.6 Å². The molecule has 4 heterocycles. The van der Waals surface area contributed by atoms with Gasteiger partial charge in [-0.05, 0) is 36.6 Å². The number of rotatable bonds is 3. The summed E-state index contributed by atoms with van der Waals surface area (Å²) in [7, 11) is 0. The number of cyclic esters (lactones) is 1. The normalized spacial score (nSPS) is 19.4. The highest BCUT2D eigenvalue weighted by atomic mass is 19.3. The highest BCUT2D eigenvalue weighted by molar-refractivity contribution is 5.89. The summed E-state index contributed by atoms with van der Waals surface area (Å²) >= 11 is 0. The summed E-state index contributed by atoms with van der Waals surface area (Å²) in [6, 6.07) is 6.03. The monoisotopic (exact) mass is 426 g/mol. The number of aliphatic hydroxyl groups is 1. The Labute approximate surface area is 176 Å². The van der Waals surface area contributed by atoms with Gasteiger partial charge in [-0.1, -0.05) is 19.9 Å². The van der Waals surface area contributed by atoms with Crippen molar-refractivity contribution in [2.24, 2.45) is 0 Å². The van der Waals surface area contributed by atoms with E-state index in [1.165, 1.54) is 12.1 Å². The van der Waals surface area contributed by atoms with Crippen LogP contribution in [0.5, 0.6) is 0 Å². The summed E-state index contributed by atoms with van der Waals surface area (Å²) < 4.78 is 33.1. The molecule has 160 valence electrons. The lowest BCUT2D eigenvalue weighted by Crippen LogP contribution is -2.44. The summed E-state index contributed by atoms with van der Waals surface area (Å²) in [6.45, 7) is 3.64. The molecule has 0 unspecified atom stereocenters. The number of halogens is 2. The molecule has 0 saturated heterocycles. The van der Waals surface area contributed by atoms with Crippen molar-refractivity contribution in [3.63, 3.8) is 0 Å². The summed E-state index contributed by atoms with van der Waals surface area (Å²) in [5, 5.41) is 11.6. The van der Waals surface area contributed by atoms with Crippen molar-refractivity contribution in [1.29, 1.82) is 0 Å². The molecule has 1 aromatic carbocycles. The van der Waals surface area contributed by atoms with Crippen LogP contribution in [0.15, 0.2) is 29.1 Å². The first kappa shape index (κ1) is 19.8. The smallest absolute Gasteiger partial charge is 0.343 e. The van der Waals surface area contributed by atoms with Crippen LogP contribution in [0.1, 0.15) is 54.5 Å². The molecule has 3 aromatic rings. The number of ether oxygens (including phenoxy) is 1. The maximum Gasteiger partial charge on any atom is 0.343 e. The topological polar surface area (TPSA) is 81.4 Å². The van der Waals surface area contributed by atoms with Crippen LogP contribution >= 0.6 is 0 Å². The Balaban J connectivity index is 1.80. The van der Waals surface area contributed by atoms with Crippen LogP contribution in [0.2, 0.25) is 0 Å². The van der Waals surface area contributed by atoms with Gasteiger partial charge in [0.05, 0.1) is 29.0 Å². The first-order valence-electron chi connectivity index (χ1n) is 10.2. The van der Waals surface area contributed by atoms with Crippen molar-refractivity contribution in [3.8, 4) is 11.4 Å². The standard InChI is InChI=1S/C23H20F2N2O4/c1-3-12-13-7-11(20(24)25)5-6-17(13)26-19-14(12)9-27-18(19)8-16-15(21(27)28)10-31-22(29)23(16,30)4-2/h5-8,20,30H,3-4,9-10H2,1-2H3/t23-/m0/s1. The molecule has 1 atom stereocenters. The number of hydrogen-bond acceptors (Lipinski definition) is 5. The second-order valence-electron chi connectivity index (χ2n) is 7.95. The van der Waals surface area contributed by atoms with E-state index in [1.54, 1.807) is 23.6 Å². The molecule has 0 spiro atoms. The van der Waals surface area contributed by atoms with Gasteiger partial charge >= 0.3 is 5.97 Å². The molecule has 0 saturated carbocycles. The van der Waals surface area contributed by atoms with Gasteiger partial charge in [0.2, 0.25) is 0 Å². The third-order valence-electron chi connectivity index (χ3n) is 6.44. The molecule has 1 N–H and O–H groups in total. The molecule has 0 bridgehead atoms. The molecule has 0 amide bonds. The van der Waals surface area contributed by atoms with Gasteiger partial charge in [-0.15, -0.1) is 0 Å². The van der Waals surface area contributed by atoms with Crippen LogP contribution < -0.4 is 5.56 Å². The molecule has 0 aliphatic carbocycles.